The Hall–Kier alpha value is -0.120. The summed E-state index contributed by atoms with van der Waals surface area (Å²) in [4.78, 5) is 0. The van der Waals surface area contributed by atoms with Crippen molar-refractivity contribution in [2.24, 2.45) is 5.41 Å². The fraction of sp³-hybridized carbons (Fsp3) is 1.00. The van der Waals surface area contributed by atoms with Gasteiger partial charge in [-0.3, -0.25) is 0 Å². The van der Waals surface area contributed by atoms with E-state index in [1.54, 1.807) is 0 Å². The second-order valence-electron chi connectivity index (χ2n) is 7.02. The van der Waals surface area contributed by atoms with Crippen molar-refractivity contribution < 1.29 is 9.47 Å². The third-order valence-electron chi connectivity index (χ3n) is 2.92. The van der Waals surface area contributed by atoms with Gasteiger partial charge in [-0.2, -0.15) is 0 Å². The molecule has 0 aromatic heterocycles. The summed E-state index contributed by atoms with van der Waals surface area (Å²) in [6.07, 6.45) is 1.26. The van der Waals surface area contributed by atoms with Gasteiger partial charge in [-0.05, 0) is 39.5 Å². The molecule has 0 amide bonds. The molecule has 3 heteroatoms. The summed E-state index contributed by atoms with van der Waals surface area (Å²) >= 11 is 0. The predicted molar refractivity (Wildman–Crippen MR) is 78.1 cm³/mol. The van der Waals surface area contributed by atoms with E-state index in [2.05, 4.69) is 53.8 Å². The van der Waals surface area contributed by atoms with Gasteiger partial charge in [-0.1, -0.05) is 20.8 Å². The summed E-state index contributed by atoms with van der Waals surface area (Å²) in [5.41, 5.74) is 0.395. The third-order valence-corrected chi connectivity index (χ3v) is 2.92. The number of rotatable bonds is 8. The van der Waals surface area contributed by atoms with E-state index in [4.69, 9.17) is 9.47 Å². The van der Waals surface area contributed by atoms with Crippen LogP contribution >= 0.6 is 0 Å². The van der Waals surface area contributed by atoms with Gasteiger partial charge in [-0.15, -0.1) is 0 Å². The number of hydrogen-bond donors (Lipinski definition) is 1. The van der Waals surface area contributed by atoms with Crippen molar-refractivity contribution in [3.63, 3.8) is 0 Å². The lowest BCUT2D eigenvalue weighted by Crippen LogP contribution is -2.38. The van der Waals surface area contributed by atoms with Gasteiger partial charge >= 0.3 is 0 Å². The van der Waals surface area contributed by atoms with Gasteiger partial charge in [0.25, 0.3) is 0 Å². The molecule has 0 unspecified atom stereocenters. The highest BCUT2D eigenvalue weighted by atomic mass is 16.5. The lowest BCUT2D eigenvalue weighted by atomic mass is 9.90. The van der Waals surface area contributed by atoms with Crippen LogP contribution in [-0.4, -0.2) is 38.0 Å². The molecule has 0 bridgehead atoms. The molecule has 0 saturated carbocycles. The van der Waals surface area contributed by atoms with Gasteiger partial charge in [0.05, 0.1) is 12.7 Å². The van der Waals surface area contributed by atoms with E-state index in [9.17, 15) is 0 Å². The SMILES string of the molecule is C[C@H](OCCCOCCNC(C)(C)C)C(C)(C)C. The van der Waals surface area contributed by atoms with Gasteiger partial charge in [0, 0.05) is 25.3 Å². The quantitative estimate of drug-likeness (QED) is 0.679. The number of hydrogen-bond acceptors (Lipinski definition) is 3. The zero-order valence-electron chi connectivity index (χ0n) is 13.4. The molecule has 0 heterocycles. The van der Waals surface area contributed by atoms with E-state index in [0.717, 1.165) is 32.8 Å². The first-order chi connectivity index (χ1) is 8.13. The van der Waals surface area contributed by atoms with Crippen LogP contribution < -0.4 is 5.32 Å². The minimum Gasteiger partial charge on any atom is -0.380 e. The van der Waals surface area contributed by atoms with Crippen molar-refractivity contribution >= 4 is 0 Å². The zero-order chi connectivity index (χ0) is 14.2. The first kappa shape index (κ1) is 17.9. The maximum atomic E-state index is 5.77. The summed E-state index contributed by atoms with van der Waals surface area (Å²) < 4.78 is 11.3. The third kappa shape index (κ3) is 11.0. The highest BCUT2D eigenvalue weighted by Gasteiger charge is 2.19. The van der Waals surface area contributed by atoms with Crippen molar-refractivity contribution in [2.75, 3.05) is 26.4 Å². The topological polar surface area (TPSA) is 30.5 Å². The van der Waals surface area contributed by atoms with Crippen LogP contribution in [0, 0.1) is 5.41 Å². The van der Waals surface area contributed by atoms with Crippen molar-refractivity contribution in [3.05, 3.63) is 0 Å². The van der Waals surface area contributed by atoms with Crippen LogP contribution in [0.2, 0.25) is 0 Å². The average molecular weight is 259 g/mol. The Morgan fingerprint density at radius 1 is 0.944 bits per heavy atom. The molecule has 0 saturated heterocycles. The summed E-state index contributed by atoms with van der Waals surface area (Å²) in [5, 5.41) is 3.39. The van der Waals surface area contributed by atoms with Crippen molar-refractivity contribution in [3.8, 4) is 0 Å². The van der Waals surface area contributed by atoms with Crippen LogP contribution in [0.25, 0.3) is 0 Å². The second kappa shape index (κ2) is 8.13. The summed E-state index contributed by atoms with van der Waals surface area (Å²) in [7, 11) is 0. The highest BCUT2D eigenvalue weighted by Crippen LogP contribution is 2.21. The molecule has 0 aromatic carbocycles. The minimum atomic E-state index is 0.175. The monoisotopic (exact) mass is 259 g/mol. The standard InChI is InChI=1S/C15H33NO2/c1-13(14(2,3)4)18-11-8-10-17-12-9-16-15(5,6)7/h13,16H,8-12H2,1-7H3/t13-/m0/s1. The molecule has 0 radical (unpaired) electrons. The van der Waals surface area contributed by atoms with Crippen molar-refractivity contribution in [2.45, 2.75) is 66.5 Å². The molecule has 3 nitrogen and oxygen atoms in total. The van der Waals surface area contributed by atoms with Gasteiger partial charge in [0.1, 0.15) is 0 Å². The summed E-state index contributed by atoms with van der Waals surface area (Å²) in [6, 6.07) is 0. The Balaban J connectivity index is 3.32. The summed E-state index contributed by atoms with van der Waals surface area (Å²) in [6.45, 7) is 18.5. The lowest BCUT2D eigenvalue weighted by Gasteiger charge is -2.27. The molecule has 0 aliphatic rings. The van der Waals surface area contributed by atoms with E-state index in [1.807, 2.05) is 0 Å². The van der Waals surface area contributed by atoms with E-state index in [0.29, 0.717) is 6.10 Å². The van der Waals surface area contributed by atoms with Crippen LogP contribution in [0.4, 0.5) is 0 Å². The van der Waals surface area contributed by atoms with Crippen LogP contribution in [0.3, 0.4) is 0 Å². The molecular formula is C15H33NO2. The van der Waals surface area contributed by atoms with Crippen LogP contribution in [0.5, 0.6) is 0 Å². The number of ether oxygens (including phenoxy) is 2. The Kier molecular flexibility index (Phi) is 8.08. The van der Waals surface area contributed by atoms with Gasteiger partial charge in [0.15, 0.2) is 0 Å². The van der Waals surface area contributed by atoms with Gasteiger partial charge < -0.3 is 14.8 Å². The Bertz CT molecular complexity index is 204. The molecule has 0 aromatic rings. The Morgan fingerprint density at radius 2 is 1.56 bits per heavy atom. The maximum Gasteiger partial charge on any atom is 0.0595 e. The molecule has 0 aliphatic carbocycles. The molecule has 0 aliphatic heterocycles. The van der Waals surface area contributed by atoms with Gasteiger partial charge in [-0.25, -0.2) is 0 Å². The average Bonchev–Trinajstić information content (AvgIpc) is 2.18. The van der Waals surface area contributed by atoms with Crippen LogP contribution in [-0.2, 0) is 9.47 Å². The fourth-order valence-electron chi connectivity index (χ4n) is 1.27. The molecule has 1 N–H and O–H groups in total. The largest absolute Gasteiger partial charge is 0.380 e. The zero-order valence-corrected chi connectivity index (χ0v) is 13.4. The molecule has 18 heavy (non-hydrogen) atoms. The molecule has 1 atom stereocenters. The van der Waals surface area contributed by atoms with Crippen LogP contribution in [0.1, 0.15) is 54.9 Å². The molecular weight excluding hydrogens is 226 g/mol. The number of nitrogens with one attached hydrogen (secondary N) is 1. The predicted octanol–water partition coefficient (Wildman–Crippen LogP) is 3.23. The van der Waals surface area contributed by atoms with E-state index in [1.165, 1.54) is 0 Å². The molecule has 110 valence electrons. The maximum absolute atomic E-state index is 5.77. The Labute approximate surface area is 114 Å². The van der Waals surface area contributed by atoms with E-state index >= 15 is 0 Å². The van der Waals surface area contributed by atoms with Crippen LogP contribution in [0.15, 0.2) is 0 Å². The lowest BCUT2D eigenvalue weighted by molar-refractivity contribution is -0.0144. The fourth-order valence-corrected chi connectivity index (χ4v) is 1.27. The molecule has 0 spiro atoms. The first-order valence-electron chi connectivity index (χ1n) is 7.07. The van der Waals surface area contributed by atoms with E-state index in [-0.39, 0.29) is 11.0 Å². The van der Waals surface area contributed by atoms with Gasteiger partial charge in [0.2, 0.25) is 0 Å². The van der Waals surface area contributed by atoms with Crippen molar-refractivity contribution in [1.82, 2.24) is 5.32 Å². The summed E-state index contributed by atoms with van der Waals surface area (Å²) in [5.74, 6) is 0. The normalized spacial score (nSPS) is 14.8. The second-order valence-corrected chi connectivity index (χ2v) is 7.02. The highest BCUT2D eigenvalue weighted by molar-refractivity contribution is 4.70. The molecule has 0 fully saturated rings. The Morgan fingerprint density at radius 3 is 2.06 bits per heavy atom. The van der Waals surface area contributed by atoms with Crippen molar-refractivity contribution in [1.29, 1.82) is 0 Å². The smallest absolute Gasteiger partial charge is 0.0595 e. The first-order valence-corrected chi connectivity index (χ1v) is 7.07. The molecule has 0 rings (SSSR count). The van der Waals surface area contributed by atoms with E-state index < -0.39 is 0 Å². The minimum absolute atomic E-state index is 0.175.